The molecule has 0 saturated heterocycles. The molecule has 112 valence electrons. The lowest BCUT2D eigenvalue weighted by Gasteiger charge is -2.23. The summed E-state index contributed by atoms with van der Waals surface area (Å²) in [5, 5.41) is 2.63. The second kappa shape index (κ2) is 5.47. The Bertz CT molecular complexity index is 913. The van der Waals surface area contributed by atoms with E-state index in [2.05, 4.69) is 25.9 Å². The summed E-state index contributed by atoms with van der Waals surface area (Å²) in [7, 11) is 0. The SMILES string of the molecule is O=c1c2cc(Br)c3cnccc3c2ncn1C1CCCCC1. The lowest BCUT2D eigenvalue weighted by molar-refractivity contribution is 0.345. The van der Waals surface area contributed by atoms with Crippen LogP contribution in [0.4, 0.5) is 0 Å². The maximum atomic E-state index is 12.9. The third-order valence-electron chi connectivity index (χ3n) is 4.60. The predicted molar refractivity (Wildman–Crippen MR) is 91.1 cm³/mol. The first-order valence-electron chi connectivity index (χ1n) is 7.69. The van der Waals surface area contributed by atoms with Gasteiger partial charge in [-0.15, -0.1) is 0 Å². The van der Waals surface area contributed by atoms with Gasteiger partial charge >= 0.3 is 0 Å². The fourth-order valence-corrected chi connectivity index (χ4v) is 3.99. The van der Waals surface area contributed by atoms with E-state index >= 15 is 0 Å². The molecule has 4 nitrogen and oxygen atoms in total. The Morgan fingerprint density at radius 2 is 1.95 bits per heavy atom. The molecule has 1 aliphatic rings. The van der Waals surface area contributed by atoms with Crippen molar-refractivity contribution in [1.29, 1.82) is 0 Å². The third-order valence-corrected chi connectivity index (χ3v) is 5.26. The minimum Gasteiger partial charge on any atom is -0.296 e. The van der Waals surface area contributed by atoms with E-state index in [0.29, 0.717) is 11.4 Å². The smallest absolute Gasteiger partial charge is 0.261 e. The minimum absolute atomic E-state index is 0.0660. The van der Waals surface area contributed by atoms with Gasteiger partial charge in [0.2, 0.25) is 0 Å². The van der Waals surface area contributed by atoms with Crippen molar-refractivity contribution in [2.45, 2.75) is 38.1 Å². The quantitative estimate of drug-likeness (QED) is 0.612. The molecule has 0 spiro atoms. The van der Waals surface area contributed by atoms with Crippen LogP contribution >= 0.6 is 15.9 Å². The Morgan fingerprint density at radius 1 is 1.14 bits per heavy atom. The van der Waals surface area contributed by atoms with Gasteiger partial charge in [-0.05, 0) is 25.0 Å². The maximum Gasteiger partial charge on any atom is 0.261 e. The van der Waals surface area contributed by atoms with Gasteiger partial charge in [0.1, 0.15) is 0 Å². The van der Waals surface area contributed by atoms with E-state index in [4.69, 9.17) is 0 Å². The van der Waals surface area contributed by atoms with Crippen LogP contribution in [0.2, 0.25) is 0 Å². The molecular weight excluding hydrogens is 342 g/mol. The van der Waals surface area contributed by atoms with Crippen molar-refractivity contribution < 1.29 is 0 Å². The van der Waals surface area contributed by atoms with E-state index in [1.165, 1.54) is 19.3 Å². The highest BCUT2D eigenvalue weighted by Crippen LogP contribution is 2.30. The highest BCUT2D eigenvalue weighted by atomic mass is 79.9. The molecule has 0 atom stereocenters. The number of halogens is 1. The van der Waals surface area contributed by atoms with Crippen molar-refractivity contribution in [2.75, 3.05) is 0 Å². The van der Waals surface area contributed by atoms with Crippen molar-refractivity contribution in [2.24, 2.45) is 0 Å². The number of aromatic nitrogens is 3. The first-order chi connectivity index (χ1) is 10.8. The number of nitrogens with zero attached hydrogens (tertiary/aromatic N) is 3. The van der Waals surface area contributed by atoms with Gasteiger partial charge in [0.25, 0.3) is 5.56 Å². The highest BCUT2D eigenvalue weighted by molar-refractivity contribution is 9.10. The zero-order valence-electron chi connectivity index (χ0n) is 12.1. The van der Waals surface area contributed by atoms with Crippen molar-refractivity contribution >= 4 is 37.6 Å². The molecule has 1 fully saturated rings. The lowest BCUT2D eigenvalue weighted by atomic mass is 9.95. The molecule has 4 rings (SSSR count). The molecule has 1 aliphatic carbocycles. The summed E-state index contributed by atoms with van der Waals surface area (Å²) in [6.45, 7) is 0. The molecule has 2 heterocycles. The molecule has 0 N–H and O–H groups in total. The molecule has 1 saturated carbocycles. The summed E-state index contributed by atoms with van der Waals surface area (Å²) < 4.78 is 2.73. The molecule has 5 heteroatoms. The van der Waals surface area contributed by atoms with Crippen molar-refractivity contribution in [3.05, 3.63) is 45.7 Å². The predicted octanol–water partition coefficient (Wildman–Crippen LogP) is 4.21. The Morgan fingerprint density at radius 3 is 2.77 bits per heavy atom. The Kier molecular flexibility index (Phi) is 3.45. The van der Waals surface area contributed by atoms with E-state index in [1.54, 1.807) is 18.7 Å². The summed E-state index contributed by atoms with van der Waals surface area (Å²) in [5.41, 5.74) is 0.828. The molecule has 0 amide bonds. The van der Waals surface area contributed by atoms with Crippen LogP contribution in [-0.4, -0.2) is 14.5 Å². The fraction of sp³-hybridized carbons (Fsp3) is 0.353. The molecule has 0 unspecified atom stereocenters. The molecule has 2 aromatic heterocycles. The van der Waals surface area contributed by atoms with Crippen molar-refractivity contribution in [3.63, 3.8) is 0 Å². The van der Waals surface area contributed by atoms with Gasteiger partial charge < -0.3 is 0 Å². The van der Waals surface area contributed by atoms with Gasteiger partial charge in [-0.25, -0.2) is 4.98 Å². The van der Waals surface area contributed by atoms with Gasteiger partial charge in [-0.1, -0.05) is 35.2 Å². The zero-order chi connectivity index (χ0) is 15.1. The molecule has 22 heavy (non-hydrogen) atoms. The minimum atomic E-state index is 0.0660. The largest absolute Gasteiger partial charge is 0.296 e. The van der Waals surface area contributed by atoms with E-state index < -0.39 is 0 Å². The van der Waals surface area contributed by atoms with Gasteiger partial charge in [0.15, 0.2) is 0 Å². The number of hydrogen-bond donors (Lipinski definition) is 0. The number of benzene rings is 1. The topological polar surface area (TPSA) is 47.8 Å². The monoisotopic (exact) mass is 357 g/mol. The van der Waals surface area contributed by atoms with Crippen LogP contribution in [-0.2, 0) is 0 Å². The average Bonchev–Trinajstić information content (AvgIpc) is 2.57. The number of rotatable bonds is 1. The van der Waals surface area contributed by atoms with E-state index in [0.717, 1.165) is 33.6 Å². The van der Waals surface area contributed by atoms with Crippen LogP contribution in [0.5, 0.6) is 0 Å². The maximum absolute atomic E-state index is 12.9. The summed E-state index contributed by atoms with van der Waals surface area (Å²) in [6.07, 6.45) is 11.1. The van der Waals surface area contributed by atoms with Crippen LogP contribution in [0.15, 0.2) is 40.1 Å². The van der Waals surface area contributed by atoms with Crippen LogP contribution in [0, 0.1) is 0 Å². The number of hydrogen-bond acceptors (Lipinski definition) is 3. The number of fused-ring (bicyclic) bond motifs is 3. The van der Waals surface area contributed by atoms with E-state index in [9.17, 15) is 4.79 Å². The highest BCUT2D eigenvalue weighted by Gasteiger charge is 2.18. The molecule has 0 radical (unpaired) electrons. The molecule has 3 aromatic rings. The van der Waals surface area contributed by atoms with E-state index in [-0.39, 0.29) is 5.56 Å². The van der Waals surface area contributed by atoms with E-state index in [1.807, 2.05) is 16.7 Å². The summed E-state index contributed by atoms with van der Waals surface area (Å²) >= 11 is 3.56. The van der Waals surface area contributed by atoms with Crippen LogP contribution < -0.4 is 5.56 Å². The van der Waals surface area contributed by atoms with Gasteiger partial charge in [0.05, 0.1) is 17.2 Å². The average molecular weight is 358 g/mol. The Balaban J connectivity index is 1.99. The molecule has 0 bridgehead atoms. The zero-order valence-corrected chi connectivity index (χ0v) is 13.7. The van der Waals surface area contributed by atoms with Gasteiger partial charge in [0, 0.05) is 33.7 Å². The third kappa shape index (κ3) is 2.15. The fourth-order valence-electron chi connectivity index (χ4n) is 3.44. The second-order valence-corrected chi connectivity index (χ2v) is 6.78. The summed E-state index contributed by atoms with van der Waals surface area (Å²) in [6, 6.07) is 4.10. The Labute approximate surface area is 136 Å². The number of pyridine rings is 1. The first-order valence-corrected chi connectivity index (χ1v) is 8.48. The van der Waals surface area contributed by atoms with Crippen LogP contribution in [0.1, 0.15) is 38.1 Å². The summed E-state index contributed by atoms with van der Waals surface area (Å²) in [5.74, 6) is 0. The molecule has 1 aromatic carbocycles. The summed E-state index contributed by atoms with van der Waals surface area (Å²) in [4.78, 5) is 21.7. The van der Waals surface area contributed by atoms with Crippen LogP contribution in [0.25, 0.3) is 21.7 Å². The van der Waals surface area contributed by atoms with Gasteiger partial charge in [-0.3, -0.25) is 14.3 Å². The normalized spacial score (nSPS) is 16.4. The van der Waals surface area contributed by atoms with Gasteiger partial charge in [-0.2, -0.15) is 0 Å². The standard InChI is InChI=1S/C17H16BrN3O/c18-15-8-13-16(12-6-7-19-9-14(12)15)20-10-21(17(13)22)11-4-2-1-3-5-11/h6-11H,1-5H2. The molecular formula is C17H16BrN3O. The Hall–Kier alpha value is -1.75. The lowest BCUT2D eigenvalue weighted by Crippen LogP contribution is -2.26. The molecule has 0 aliphatic heterocycles. The van der Waals surface area contributed by atoms with Crippen molar-refractivity contribution in [1.82, 2.24) is 14.5 Å². The first kappa shape index (κ1) is 13.9. The van der Waals surface area contributed by atoms with Crippen LogP contribution in [0.3, 0.4) is 0 Å². The van der Waals surface area contributed by atoms with Crippen molar-refractivity contribution in [3.8, 4) is 0 Å². The second-order valence-electron chi connectivity index (χ2n) is 5.92.